The molecular formula is C22H26N2O3. The second-order valence-corrected chi connectivity index (χ2v) is 6.73. The summed E-state index contributed by atoms with van der Waals surface area (Å²) < 4.78 is 10.3. The first-order valence-corrected chi connectivity index (χ1v) is 9.28. The molecule has 0 amide bonds. The van der Waals surface area contributed by atoms with Crippen LogP contribution in [0.4, 0.5) is 11.4 Å². The van der Waals surface area contributed by atoms with E-state index in [1.165, 1.54) is 32.1 Å². The first-order valence-electron chi connectivity index (χ1n) is 9.28. The van der Waals surface area contributed by atoms with Crippen LogP contribution in [0.15, 0.2) is 41.4 Å². The standard InChI is InChI=1S/C22H26N2O3/c1-16-13-17(22(25)27-3)8-10-20(16)23-15-18-7-9-19(14-21(18)26-2)24-11-5-4-6-12-24/h7-10,13-15H,4-6,11-12H2,1-3H3. The number of aliphatic imine (C=N–C) groups is 1. The summed E-state index contributed by atoms with van der Waals surface area (Å²) in [7, 11) is 3.06. The molecule has 3 rings (SSSR count). The van der Waals surface area contributed by atoms with Gasteiger partial charge in [0.05, 0.1) is 25.5 Å². The Morgan fingerprint density at radius 1 is 1.07 bits per heavy atom. The first kappa shape index (κ1) is 19.0. The number of hydrogen-bond acceptors (Lipinski definition) is 5. The summed E-state index contributed by atoms with van der Waals surface area (Å²) in [5.41, 5.74) is 4.37. The van der Waals surface area contributed by atoms with Gasteiger partial charge in [0.1, 0.15) is 5.75 Å². The molecule has 0 aliphatic carbocycles. The van der Waals surface area contributed by atoms with Crippen molar-refractivity contribution >= 4 is 23.6 Å². The van der Waals surface area contributed by atoms with Crippen LogP contribution in [-0.4, -0.2) is 39.5 Å². The van der Waals surface area contributed by atoms with Gasteiger partial charge in [0, 0.05) is 36.6 Å². The zero-order valence-electron chi connectivity index (χ0n) is 16.2. The summed E-state index contributed by atoms with van der Waals surface area (Å²) in [6.07, 6.45) is 5.60. The van der Waals surface area contributed by atoms with Gasteiger partial charge in [-0.05, 0) is 62.1 Å². The summed E-state index contributed by atoms with van der Waals surface area (Å²) in [6, 6.07) is 11.6. The van der Waals surface area contributed by atoms with Crippen LogP contribution < -0.4 is 9.64 Å². The number of piperidine rings is 1. The van der Waals surface area contributed by atoms with Crippen LogP contribution in [0.1, 0.15) is 40.7 Å². The maximum Gasteiger partial charge on any atom is 0.337 e. The number of methoxy groups -OCH3 is 2. The molecule has 0 saturated carbocycles. The monoisotopic (exact) mass is 366 g/mol. The van der Waals surface area contributed by atoms with Gasteiger partial charge < -0.3 is 14.4 Å². The molecule has 0 atom stereocenters. The van der Waals surface area contributed by atoms with Gasteiger partial charge in [0.2, 0.25) is 0 Å². The van der Waals surface area contributed by atoms with Crippen molar-refractivity contribution in [2.75, 3.05) is 32.2 Å². The summed E-state index contributed by atoms with van der Waals surface area (Å²) in [4.78, 5) is 18.6. The molecule has 2 aromatic rings. The fourth-order valence-electron chi connectivity index (χ4n) is 3.34. The molecule has 0 unspecified atom stereocenters. The molecule has 0 N–H and O–H groups in total. The van der Waals surface area contributed by atoms with Crippen molar-refractivity contribution in [1.29, 1.82) is 0 Å². The maximum absolute atomic E-state index is 11.6. The van der Waals surface area contributed by atoms with Crippen molar-refractivity contribution in [3.8, 4) is 5.75 Å². The lowest BCUT2D eigenvalue weighted by Gasteiger charge is -2.29. The normalized spacial score (nSPS) is 14.4. The summed E-state index contributed by atoms with van der Waals surface area (Å²) in [5, 5.41) is 0. The van der Waals surface area contributed by atoms with Crippen LogP contribution in [0.25, 0.3) is 0 Å². The molecule has 0 spiro atoms. The number of ether oxygens (including phenoxy) is 2. The smallest absolute Gasteiger partial charge is 0.337 e. The molecule has 1 fully saturated rings. The lowest BCUT2D eigenvalue weighted by atomic mass is 10.1. The van der Waals surface area contributed by atoms with Gasteiger partial charge in [0.15, 0.2) is 0 Å². The number of carbonyl (C=O) groups excluding carboxylic acids is 1. The third-order valence-electron chi connectivity index (χ3n) is 4.90. The van der Waals surface area contributed by atoms with E-state index in [1.807, 2.05) is 19.1 Å². The van der Waals surface area contributed by atoms with E-state index < -0.39 is 0 Å². The van der Waals surface area contributed by atoms with Crippen molar-refractivity contribution in [2.24, 2.45) is 4.99 Å². The van der Waals surface area contributed by atoms with E-state index in [0.717, 1.165) is 35.7 Å². The van der Waals surface area contributed by atoms with E-state index in [-0.39, 0.29) is 5.97 Å². The molecule has 1 aliphatic rings. The van der Waals surface area contributed by atoms with Crippen LogP contribution >= 0.6 is 0 Å². The van der Waals surface area contributed by atoms with Crippen LogP contribution in [0, 0.1) is 6.92 Å². The predicted molar refractivity (Wildman–Crippen MR) is 109 cm³/mol. The number of carbonyl (C=O) groups is 1. The molecular weight excluding hydrogens is 340 g/mol. The van der Waals surface area contributed by atoms with E-state index >= 15 is 0 Å². The minimum Gasteiger partial charge on any atom is -0.496 e. The molecule has 1 saturated heterocycles. The topological polar surface area (TPSA) is 51.1 Å². The highest BCUT2D eigenvalue weighted by molar-refractivity contribution is 5.91. The van der Waals surface area contributed by atoms with Gasteiger partial charge in [-0.1, -0.05) is 0 Å². The largest absolute Gasteiger partial charge is 0.496 e. The average Bonchev–Trinajstić information content (AvgIpc) is 2.72. The Morgan fingerprint density at radius 3 is 2.52 bits per heavy atom. The molecule has 142 valence electrons. The van der Waals surface area contributed by atoms with Crippen molar-refractivity contribution in [3.63, 3.8) is 0 Å². The summed E-state index contributed by atoms with van der Waals surface area (Å²) in [6.45, 7) is 4.13. The molecule has 0 bridgehead atoms. The van der Waals surface area contributed by atoms with Gasteiger partial charge in [-0.2, -0.15) is 0 Å². The minimum atomic E-state index is -0.344. The highest BCUT2D eigenvalue weighted by Crippen LogP contribution is 2.28. The van der Waals surface area contributed by atoms with Gasteiger partial charge in [-0.15, -0.1) is 0 Å². The number of aryl methyl sites for hydroxylation is 1. The van der Waals surface area contributed by atoms with Gasteiger partial charge in [0.25, 0.3) is 0 Å². The molecule has 5 heteroatoms. The first-order chi connectivity index (χ1) is 13.1. The molecule has 0 radical (unpaired) electrons. The molecule has 1 aliphatic heterocycles. The minimum absolute atomic E-state index is 0.344. The maximum atomic E-state index is 11.6. The molecule has 5 nitrogen and oxygen atoms in total. The Hall–Kier alpha value is -2.82. The van der Waals surface area contributed by atoms with E-state index in [2.05, 4.69) is 22.0 Å². The zero-order chi connectivity index (χ0) is 19.2. The Morgan fingerprint density at radius 2 is 1.85 bits per heavy atom. The van der Waals surface area contributed by atoms with Crippen molar-refractivity contribution in [1.82, 2.24) is 0 Å². The molecule has 0 aromatic heterocycles. The third-order valence-corrected chi connectivity index (χ3v) is 4.90. The van der Waals surface area contributed by atoms with Crippen molar-refractivity contribution < 1.29 is 14.3 Å². The van der Waals surface area contributed by atoms with Crippen molar-refractivity contribution in [2.45, 2.75) is 26.2 Å². The molecule has 2 aromatic carbocycles. The Balaban J connectivity index is 1.81. The van der Waals surface area contributed by atoms with E-state index in [9.17, 15) is 4.79 Å². The van der Waals surface area contributed by atoms with Gasteiger partial charge in [-0.3, -0.25) is 4.99 Å². The zero-order valence-corrected chi connectivity index (χ0v) is 16.2. The highest BCUT2D eigenvalue weighted by atomic mass is 16.5. The Bertz CT molecular complexity index is 839. The van der Waals surface area contributed by atoms with E-state index in [0.29, 0.717) is 5.56 Å². The fraction of sp³-hybridized carbons (Fsp3) is 0.364. The number of rotatable bonds is 5. The van der Waals surface area contributed by atoms with Crippen LogP contribution in [0.5, 0.6) is 5.75 Å². The fourth-order valence-corrected chi connectivity index (χ4v) is 3.34. The highest BCUT2D eigenvalue weighted by Gasteiger charge is 2.13. The summed E-state index contributed by atoms with van der Waals surface area (Å²) >= 11 is 0. The van der Waals surface area contributed by atoms with Crippen LogP contribution in [0.2, 0.25) is 0 Å². The number of nitrogens with zero attached hydrogens (tertiary/aromatic N) is 2. The summed E-state index contributed by atoms with van der Waals surface area (Å²) in [5.74, 6) is 0.467. The lowest BCUT2D eigenvalue weighted by molar-refractivity contribution is 0.0600. The van der Waals surface area contributed by atoms with E-state index in [1.54, 1.807) is 25.5 Å². The number of esters is 1. The van der Waals surface area contributed by atoms with Crippen molar-refractivity contribution in [3.05, 3.63) is 53.1 Å². The quantitative estimate of drug-likeness (QED) is 0.576. The Kier molecular flexibility index (Phi) is 6.12. The second-order valence-electron chi connectivity index (χ2n) is 6.73. The number of anilines is 1. The predicted octanol–water partition coefficient (Wildman–Crippen LogP) is 4.53. The Labute approximate surface area is 160 Å². The molecule has 1 heterocycles. The van der Waals surface area contributed by atoms with Crippen LogP contribution in [-0.2, 0) is 4.74 Å². The van der Waals surface area contributed by atoms with Gasteiger partial charge >= 0.3 is 5.97 Å². The SMILES string of the molecule is COC(=O)c1ccc(N=Cc2ccc(N3CCCCC3)cc2OC)c(C)c1. The van der Waals surface area contributed by atoms with Crippen LogP contribution in [0.3, 0.4) is 0 Å². The van der Waals surface area contributed by atoms with Gasteiger partial charge in [-0.25, -0.2) is 4.79 Å². The van der Waals surface area contributed by atoms with E-state index in [4.69, 9.17) is 9.47 Å². The number of benzene rings is 2. The second kappa shape index (κ2) is 8.71. The number of hydrogen-bond donors (Lipinski definition) is 0. The average molecular weight is 366 g/mol. The molecule has 27 heavy (non-hydrogen) atoms. The third kappa shape index (κ3) is 4.48. The lowest BCUT2D eigenvalue weighted by Crippen LogP contribution is -2.29.